The van der Waals surface area contributed by atoms with E-state index in [4.69, 9.17) is 8.37 Å². The summed E-state index contributed by atoms with van der Waals surface area (Å²) in [4.78, 5) is 0. The van der Waals surface area contributed by atoms with Crippen LogP contribution in [0.4, 0.5) is 0 Å². The van der Waals surface area contributed by atoms with E-state index in [0.29, 0.717) is 25.7 Å². The first kappa shape index (κ1) is 27.9. The maximum absolute atomic E-state index is 11.9. The summed E-state index contributed by atoms with van der Waals surface area (Å²) in [5.74, 6) is -1.61. The van der Waals surface area contributed by atoms with Gasteiger partial charge in [0, 0.05) is 0 Å². The fourth-order valence-corrected chi connectivity index (χ4v) is 8.57. The van der Waals surface area contributed by atoms with Crippen molar-refractivity contribution in [1.29, 1.82) is 0 Å². The van der Waals surface area contributed by atoms with Gasteiger partial charge in [0.25, 0.3) is 20.2 Å². The summed E-state index contributed by atoms with van der Waals surface area (Å²) >= 11 is 0. The van der Waals surface area contributed by atoms with Crippen LogP contribution in [-0.2, 0) is 56.7 Å². The van der Waals surface area contributed by atoms with Crippen molar-refractivity contribution in [3.8, 4) is 0 Å². The van der Waals surface area contributed by atoms with Crippen LogP contribution in [0.2, 0.25) is 0 Å². The Balaban J connectivity index is 1.75. The Morgan fingerprint density at radius 3 is 1.12 bits per heavy atom. The van der Waals surface area contributed by atoms with E-state index >= 15 is 0 Å². The highest BCUT2D eigenvalue weighted by Gasteiger charge is 2.30. The van der Waals surface area contributed by atoms with E-state index in [1.165, 1.54) is 0 Å². The van der Waals surface area contributed by atoms with Crippen molar-refractivity contribution < 1.29 is 49.3 Å². The first-order chi connectivity index (χ1) is 14.8. The van der Waals surface area contributed by atoms with Gasteiger partial charge in [-0.05, 0) is 38.5 Å². The molecule has 0 aromatic heterocycles. The molecule has 0 N–H and O–H groups in total. The van der Waals surface area contributed by atoms with Crippen LogP contribution < -0.4 is 0 Å². The van der Waals surface area contributed by atoms with Gasteiger partial charge in [-0.15, -0.1) is 7.26 Å². The zero-order chi connectivity index (χ0) is 23.9. The van der Waals surface area contributed by atoms with Gasteiger partial charge in [-0.3, -0.25) is 0 Å². The Kier molecular flexibility index (Phi) is 10.3. The highest BCUT2D eigenvalue weighted by Crippen LogP contribution is 2.24. The molecular weight excluding hydrogens is 512 g/mol. The molecule has 16 heteroatoms. The normalized spacial score (nSPS) is 20.4. The third kappa shape index (κ3) is 11.2. The second kappa shape index (κ2) is 11.9. The summed E-state index contributed by atoms with van der Waals surface area (Å²) in [5, 5.41) is 0. The van der Waals surface area contributed by atoms with Crippen LogP contribution in [0.25, 0.3) is 0 Å². The zero-order valence-electron chi connectivity index (χ0n) is 17.6. The minimum Gasteiger partial charge on any atom is -0.244 e. The Morgan fingerprint density at radius 2 is 0.812 bits per heavy atom. The average Bonchev–Trinajstić information content (AvgIpc) is 2.64. The van der Waals surface area contributed by atoms with Gasteiger partial charge in [-0.2, -0.15) is 33.7 Å². The van der Waals surface area contributed by atoms with Gasteiger partial charge in [0.2, 0.25) is 0 Å². The van der Waals surface area contributed by atoms with E-state index in [9.17, 15) is 33.7 Å². The van der Waals surface area contributed by atoms with Gasteiger partial charge in [-0.25, -0.2) is 8.37 Å². The molecule has 2 aliphatic carbocycles. The molecule has 0 spiro atoms. The molecule has 190 valence electrons. The fourth-order valence-electron chi connectivity index (χ4n) is 3.57. The molecule has 12 nitrogen and oxygen atoms in total. The molecule has 0 heterocycles. The standard InChI is InChI=1S/C16H30O12S4/c17-29(18,27-31(21,22)25-15-9-3-1-4-10-15)13-7-8-14-30(19,20)28-32(23,24)26-16-11-5-2-6-12-16/h15-16H,1-14H2. The molecule has 2 rings (SSSR count). The number of hydrogen-bond acceptors (Lipinski definition) is 12. The Bertz CT molecular complexity index is 919. The zero-order valence-corrected chi connectivity index (χ0v) is 20.9. The number of unbranched alkanes of at least 4 members (excludes halogenated alkanes) is 1. The molecule has 2 saturated carbocycles. The molecule has 0 aliphatic heterocycles. The molecule has 0 atom stereocenters. The van der Waals surface area contributed by atoms with Crippen molar-refractivity contribution >= 4 is 41.0 Å². The molecular formula is C16H30O12S4. The average molecular weight is 543 g/mol. The van der Waals surface area contributed by atoms with Crippen LogP contribution in [0.1, 0.15) is 77.0 Å². The van der Waals surface area contributed by atoms with E-state index in [1.54, 1.807) is 0 Å². The van der Waals surface area contributed by atoms with E-state index in [2.05, 4.69) is 7.26 Å². The molecule has 0 radical (unpaired) electrons. The molecule has 32 heavy (non-hydrogen) atoms. The summed E-state index contributed by atoms with van der Waals surface area (Å²) in [6.45, 7) is 0. The van der Waals surface area contributed by atoms with Crippen molar-refractivity contribution in [2.24, 2.45) is 0 Å². The summed E-state index contributed by atoms with van der Waals surface area (Å²) < 4.78 is 113. The third-order valence-corrected chi connectivity index (χ3v) is 10.6. The lowest BCUT2D eigenvalue weighted by Gasteiger charge is -2.20. The predicted molar refractivity (Wildman–Crippen MR) is 113 cm³/mol. The molecule has 0 aromatic carbocycles. The van der Waals surface area contributed by atoms with Crippen molar-refractivity contribution in [3.63, 3.8) is 0 Å². The predicted octanol–water partition coefficient (Wildman–Crippen LogP) is 1.65. The second-order valence-corrected chi connectivity index (χ2v) is 14.0. The lowest BCUT2D eigenvalue weighted by molar-refractivity contribution is 0.144. The molecule has 2 aliphatic rings. The van der Waals surface area contributed by atoms with Gasteiger partial charge in [-0.1, -0.05) is 38.5 Å². The summed E-state index contributed by atoms with van der Waals surface area (Å²) in [6, 6.07) is 0. The van der Waals surface area contributed by atoms with Crippen LogP contribution in [0.5, 0.6) is 0 Å². The molecule has 0 amide bonds. The Labute approximate surface area is 190 Å². The second-order valence-electron chi connectivity index (χ2n) is 7.90. The summed E-state index contributed by atoms with van der Waals surface area (Å²) in [6.07, 6.45) is 4.99. The largest absolute Gasteiger partial charge is 0.414 e. The summed E-state index contributed by atoms with van der Waals surface area (Å²) in [7, 11) is -18.6. The van der Waals surface area contributed by atoms with Gasteiger partial charge in [0.1, 0.15) is 0 Å². The quantitative estimate of drug-likeness (QED) is 0.308. The van der Waals surface area contributed by atoms with Gasteiger partial charge in [0.15, 0.2) is 0 Å². The minimum absolute atomic E-state index is 0.312. The van der Waals surface area contributed by atoms with Crippen molar-refractivity contribution in [3.05, 3.63) is 0 Å². The minimum atomic E-state index is -4.77. The Morgan fingerprint density at radius 1 is 0.500 bits per heavy atom. The fraction of sp³-hybridized carbons (Fsp3) is 1.00. The van der Waals surface area contributed by atoms with Gasteiger partial charge in [0.05, 0.1) is 23.7 Å². The molecule has 2 fully saturated rings. The van der Waals surface area contributed by atoms with E-state index in [-0.39, 0.29) is 12.8 Å². The van der Waals surface area contributed by atoms with Crippen LogP contribution >= 0.6 is 0 Å². The van der Waals surface area contributed by atoms with E-state index < -0.39 is 64.7 Å². The topological polar surface area (TPSA) is 173 Å². The first-order valence-corrected chi connectivity index (χ1v) is 16.3. The SMILES string of the molecule is O=S(=O)(CCCCS(=O)(=O)OS(=O)(=O)OC1CCCCC1)OS(=O)(=O)OC1CCCCC1. The van der Waals surface area contributed by atoms with Crippen LogP contribution in [0.3, 0.4) is 0 Å². The number of hydrogen-bond donors (Lipinski definition) is 0. The smallest absolute Gasteiger partial charge is 0.244 e. The maximum Gasteiger partial charge on any atom is 0.414 e. The van der Waals surface area contributed by atoms with Gasteiger partial charge < -0.3 is 0 Å². The van der Waals surface area contributed by atoms with E-state index in [1.807, 2.05) is 0 Å². The van der Waals surface area contributed by atoms with Gasteiger partial charge >= 0.3 is 20.8 Å². The molecule has 0 bridgehead atoms. The van der Waals surface area contributed by atoms with E-state index in [0.717, 1.165) is 38.5 Å². The van der Waals surface area contributed by atoms with Crippen LogP contribution in [0.15, 0.2) is 0 Å². The maximum atomic E-state index is 11.9. The molecule has 0 saturated heterocycles. The highest BCUT2D eigenvalue weighted by molar-refractivity contribution is 7.98. The van der Waals surface area contributed by atoms with Crippen LogP contribution in [0, 0.1) is 0 Å². The van der Waals surface area contributed by atoms with Crippen molar-refractivity contribution in [2.75, 3.05) is 11.5 Å². The first-order valence-electron chi connectivity index (χ1n) is 10.5. The molecule has 0 unspecified atom stereocenters. The monoisotopic (exact) mass is 542 g/mol. The lowest BCUT2D eigenvalue weighted by atomic mass is 9.98. The van der Waals surface area contributed by atoms with Crippen molar-refractivity contribution in [2.45, 2.75) is 89.3 Å². The Hall–Kier alpha value is -0.360. The lowest BCUT2D eigenvalue weighted by Crippen LogP contribution is -2.26. The third-order valence-electron chi connectivity index (χ3n) is 5.02. The van der Waals surface area contributed by atoms with Crippen molar-refractivity contribution in [1.82, 2.24) is 0 Å². The number of rotatable bonds is 13. The molecule has 0 aromatic rings. The highest BCUT2D eigenvalue weighted by atomic mass is 32.3. The summed E-state index contributed by atoms with van der Waals surface area (Å²) in [5.41, 5.74) is 0. The van der Waals surface area contributed by atoms with Crippen LogP contribution in [-0.4, -0.2) is 57.4 Å².